The monoisotopic (exact) mass is 278 g/mol. The van der Waals surface area contributed by atoms with Crippen molar-refractivity contribution in [2.45, 2.75) is 39.3 Å². The van der Waals surface area contributed by atoms with Crippen molar-refractivity contribution in [1.29, 1.82) is 0 Å². The van der Waals surface area contributed by atoms with E-state index in [-0.39, 0.29) is 18.1 Å². The highest BCUT2D eigenvalue weighted by atomic mass is 16.6. The van der Waals surface area contributed by atoms with E-state index in [0.29, 0.717) is 13.2 Å². The third-order valence-electron chi connectivity index (χ3n) is 3.40. The number of carbonyl (C=O) groups excluding carboxylic acids is 1. The van der Waals surface area contributed by atoms with Gasteiger partial charge in [0, 0.05) is 6.04 Å². The smallest absolute Gasteiger partial charge is 0.315 e. The highest BCUT2D eigenvalue weighted by Crippen LogP contribution is 2.32. The summed E-state index contributed by atoms with van der Waals surface area (Å²) in [6.07, 6.45) is 0.909. The van der Waals surface area contributed by atoms with Crippen molar-refractivity contribution in [3.8, 4) is 11.5 Å². The molecule has 1 aromatic carbocycles. The third kappa shape index (κ3) is 3.56. The van der Waals surface area contributed by atoms with Crippen LogP contribution in [0.1, 0.15) is 38.8 Å². The van der Waals surface area contributed by atoms with Gasteiger partial charge >= 0.3 is 6.03 Å². The molecule has 0 saturated heterocycles. The van der Waals surface area contributed by atoms with Crippen LogP contribution < -0.4 is 20.1 Å². The first-order valence-electron chi connectivity index (χ1n) is 7.06. The summed E-state index contributed by atoms with van der Waals surface area (Å²) in [7, 11) is 0. The lowest BCUT2D eigenvalue weighted by atomic mass is 10.1. The molecule has 0 aliphatic carbocycles. The van der Waals surface area contributed by atoms with Gasteiger partial charge in [-0.3, -0.25) is 0 Å². The largest absolute Gasteiger partial charge is 0.486 e. The Hall–Kier alpha value is -1.91. The van der Waals surface area contributed by atoms with Crippen molar-refractivity contribution in [3.05, 3.63) is 23.8 Å². The van der Waals surface area contributed by atoms with Gasteiger partial charge in [0.05, 0.1) is 6.04 Å². The molecule has 0 fully saturated rings. The van der Waals surface area contributed by atoms with Gasteiger partial charge in [0.1, 0.15) is 13.2 Å². The number of fused-ring (bicyclic) bond motifs is 1. The van der Waals surface area contributed by atoms with Crippen molar-refractivity contribution in [2.75, 3.05) is 13.2 Å². The molecule has 2 N–H and O–H groups in total. The quantitative estimate of drug-likeness (QED) is 0.890. The fourth-order valence-electron chi connectivity index (χ4n) is 1.98. The van der Waals surface area contributed by atoms with Gasteiger partial charge in [-0.05, 0) is 38.0 Å². The minimum absolute atomic E-state index is 0.0881. The lowest BCUT2D eigenvalue weighted by Gasteiger charge is -2.21. The molecule has 2 amide bonds. The Balaban J connectivity index is 1.98. The van der Waals surface area contributed by atoms with E-state index in [4.69, 9.17) is 9.47 Å². The van der Waals surface area contributed by atoms with E-state index in [2.05, 4.69) is 10.6 Å². The van der Waals surface area contributed by atoms with E-state index in [1.54, 1.807) is 0 Å². The van der Waals surface area contributed by atoms with Gasteiger partial charge in [-0.2, -0.15) is 0 Å². The van der Waals surface area contributed by atoms with Crippen LogP contribution in [0.2, 0.25) is 0 Å². The normalized spacial score (nSPS) is 16.1. The summed E-state index contributed by atoms with van der Waals surface area (Å²) in [5, 5.41) is 5.81. The molecule has 0 spiro atoms. The minimum Gasteiger partial charge on any atom is -0.486 e. The Kier molecular flexibility index (Phi) is 4.71. The van der Waals surface area contributed by atoms with Crippen LogP contribution in [0.3, 0.4) is 0 Å². The van der Waals surface area contributed by atoms with Gasteiger partial charge in [-0.1, -0.05) is 13.0 Å². The Morgan fingerprint density at radius 3 is 2.60 bits per heavy atom. The number of amides is 2. The maximum Gasteiger partial charge on any atom is 0.315 e. The molecule has 20 heavy (non-hydrogen) atoms. The minimum atomic E-state index is -0.151. The average molecular weight is 278 g/mol. The Morgan fingerprint density at radius 1 is 1.20 bits per heavy atom. The van der Waals surface area contributed by atoms with Crippen LogP contribution >= 0.6 is 0 Å². The number of hydrogen-bond acceptors (Lipinski definition) is 3. The first kappa shape index (κ1) is 14.5. The molecule has 2 atom stereocenters. The number of rotatable bonds is 4. The highest BCUT2D eigenvalue weighted by molar-refractivity contribution is 5.74. The molecule has 5 heteroatoms. The summed E-state index contributed by atoms with van der Waals surface area (Å²) in [5.74, 6) is 1.50. The fraction of sp³-hybridized carbons (Fsp3) is 0.533. The zero-order valence-electron chi connectivity index (χ0n) is 12.2. The lowest BCUT2D eigenvalue weighted by molar-refractivity contribution is 0.171. The number of urea groups is 1. The van der Waals surface area contributed by atoms with Crippen molar-refractivity contribution >= 4 is 6.03 Å². The van der Waals surface area contributed by atoms with E-state index < -0.39 is 0 Å². The molecule has 1 aromatic rings. The molecule has 0 saturated carbocycles. The first-order chi connectivity index (χ1) is 9.60. The molecule has 1 aliphatic rings. The van der Waals surface area contributed by atoms with Gasteiger partial charge in [0.2, 0.25) is 0 Å². The molecule has 1 heterocycles. The standard InChI is InChI=1S/C15H22N2O3/c1-4-10(2)16-15(18)17-11(3)12-5-6-13-14(9-12)20-8-7-19-13/h5-6,9-11H,4,7-8H2,1-3H3,(H2,16,17,18)/t10-,11-/m1/s1. The molecule has 0 unspecified atom stereocenters. The van der Waals surface area contributed by atoms with E-state index >= 15 is 0 Å². The third-order valence-corrected chi connectivity index (χ3v) is 3.40. The molecule has 1 aliphatic heterocycles. The van der Waals surface area contributed by atoms with Crippen LogP contribution in [0.15, 0.2) is 18.2 Å². The predicted octanol–water partition coefficient (Wildman–Crippen LogP) is 2.62. The summed E-state index contributed by atoms with van der Waals surface area (Å²) in [4.78, 5) is 11.8. The fourth-order valence-corrected chi connectivity index (χ4v) is 1.98. The number of hydrogen-bond donors (Lipinski definition) is 2. The number of benzene rings is 1. The maximum atomic E-state index is 11.8. The van der Waals surface area contributed by atoms with Gasteiger partial charge in [-0.25, -0.2) is 4.79 Å². The van der Waals surface area contributed by atoms with E-state index in [1.165, 1.54) is 0 Å². The van der Waals surface area contributed by atoms with Crippen molar-refractivity contribution in [3.63, 3.8) is 0 Å². The zero-order chi connectivity index (χ0) is 14.5. The molecule has 2 rings (SSSR count). The average Bonchev–Trinajstić information content (AvgIpc) is 2.46. The maximum absolute atomic E-state index is 11.8. The second-order valence-electron chi connectivity index (χ2n) is 5.05. The summed E-state index contributed by atoms with van der Waals surface area (Å²) >= 11 is 0. The molecule has 0 radical (unpaired) electrons. The van der Waals surface area contributed by atoms with Gasteiger partial charge < -0.3 is 20.1 Å². The molecule has 0 aromatic heterocycles. The Morgan fingerprint density at radius 2 is 1.90 bits per heavy atom. The van der Waals surface area contributed by atoms with E-state index in [9.17, 15) is 4.79 Å². The summed E-state index contributed by atoms with van der Waals surface area (Å²) in [6, 6.07) is 5.68. The molecule has 0 bridgehead atoms. The first-order valence-corrected chi connectivity index (χ1v) is 7.06. The highest BCUT2D eigenvalue weighted by Gasteiger charge is 2.16. The summed E-state index contributed by atoms with van der Waals surface area (Å²) < 4.78 is 11.0. The van der Waals surface area contributed by atoms with Crippen molar-refractivity contribution in [2.24, 2.45) is 0 Å². The van der Waals surface area contributed by atoms with Crippen LogP contribution in [-0.4, -0.2) is 25.3 Å². The van der Waals surface area contributed by atoms with Crippen LogP contribution in [-0.2, 0) is 0 Å². The van der Waals surface area contributed by atoms with Crippen LogP contribution in [0.4, 0.5) is 4.79 Å². The number of nitrogens with one attached hydrogen (secondary N) is 2. The van der Waals surface area contributed by atoms with E-state index in [0.717, 1.165) is 23.5 Å². The second-order valence-corrected chi connectivity index (χ2v) is 5.05. The molecule has 5 nitrogen and oxygen atoms in total. The number of carbonyl (C=O) groups is 1. The lowest BCUT2D eigenvalue weighted by Crippen LogP contribution is -2.41. The molecular weight excluding hydrogens is 256 g/mol. The van der Waals surface area contributed by atoms with E-state index in [1.807, 2.05) is 39.0 Å². The van der Waals surface area contributed by atoms with Gasteiger partial charge in [0.15, 0.2) is 11.5 Å². The summed E-state index contributed by atoms with van der Waals surface area (Å²) in [6.45, 7) is 7.11. The van der Waals surface area contributed by atoms with Gasteiger partial charge in [-0.15, -0.1) is 0 Å². The number of ether oxygens (including phenoxy) is 2. The van der Waals surface area contributed by atoms with Crippen LogP contribution in [0, 0.1) is 0 Å². The van der Waals surface area contributed by atoms with Crippen LogP contribution in [0.5, 0.6) is 11.5 Å². The van der Waals surface area contributed by atoms with Gasteiger partial charge in [0.25, 0.3) is 0 Å². The topological polar surface area (TPSA) is 59.6 Å². The zero-order valence-corrected chi connectivity index (χ0v) is 12.2. The SMILES string of the molecule is CC[C@@H](C)NC(=O)N[C@H](C)c1ccc2c(c1)OCCO2. The van der Waals surface area contributed by atoms with Crippen LogP contribution in [0.25, 0.3) is 0 Å². The second kappa shape index (κ2) is 6.50. The predicted molar refractivity (Wildman–Crippen MR) is 77.3 cm³/mol. The summed E-state index contributed by atoms with van der Waals surface area (Å²) in [5.41, 5.74) is 0.994. The Labute approximate surface area is 119 Å². The molecule has 110 valence electrons. The van der Waals surface area contributed by atoms with Crippen molar-refractivity contribution in [1.82, 2.24) is 10.6 Å². The molecular formula is C15H22N2O3. The van der Waals surface area contributed by atoms with Crippen molar-refractivity contribution < 1.29 is 14.3 Å². The Bertz CT molecular complexity index is 476.